The van der Waals surface area contributed by atoms with Crippen LogP contribution in [0.4, 0.5) is 5.82 Å². The summed E-state index contributed by atoms with van der Waals surface area (Å²) in [4.78, 5) is 24.0. The Morgan fingerprint density at radius 2 is 2.03 bits per heavy atom. The lowest BCUT2D eigenvalue weighted by atomic mass is 10.1. The van der Waals surface area contributed by atoms with Gasteiger partial charge in [-0.05, 0) is 18.1 Å². The summed E-state index contributed by atoms with van der Waals surface area (Å²) in [6.07, 6.45) is -0.694. The predicted molar refractivity (Wildman–Crippen MR) is 108 cm³/mol. The number of aromatic nitrogens is 4. The molecule has 0 amide bonds. The first kappa shape index (κ1) is 21.6. The van der Waals surface area contributed by atoms with Crippen LogP contribution in [0, 0.1) is 0 Å². The summed E-state index contributed by atoms with van der Waals surface area (Å²) in [5.74, 6) is -0.270. The molecule has 2 aromatic heterocycles. The lowest BCUT2D eigenvalue weighted by Crippen LogP contribution is -2.45. The molecule has 0 aromatic carbocycles. The van der Waals surface area contributed by atoms with E-state index in [0.717, 1.165) is 0 Å². The van der Waals surface area contributed by atoms with Crippen molar-refractivity contribution in [1.29, 1.82) is 0 Å². The van der Waals surface area contributed by atoms with Gasteiger partial charge in [-0.25, -0.2) is 15.0 Å². The number of nitrogen functional groups attached to an aromatic ring is 1. The van der Waals surface area contributed by atoms with E-state index in [1.165, 1.54) is 19.6 Å². The van der Waals surface area contributed by atoms with E-state index >= 15 is 0 Å². The lowest BCUT2D eigenvalue weighted by molar-refractivity contribution is -0.153. The SMILES string of the molecule is CC(=O)O[C@H]1[C@H](O)[C@H](n2cnc3c(N)ncnc32)O[C@@H]1CO[Si](C)(C)C(C)(C)C. The molecule has 0 saturated carbocycles. The van der Waals surface area contributed by atoms with Crippen LogP contribution in [0.15, 0.2) is 12.7 Å². The number of carbonyl (C=O) groups excluding carboxylic acids is 1. The fourth-order valence-electron chi connectivity index (χ4n) is 2.98. The zero-order chi connectivity index (χ0) is 21.6. The van der Waals surface area contributed by atoms with Crippen LogP contribution in [-0.4, -0.2) is 63.8 Å². The molecule has 1 fully saturated rings. The van der Waals surface area contributed by atoms with E-state index in [-0.39, 0.29) is 17.5 Å². The Morgan fingerprint density at radius 1 is 1.34 bits per heavy atom. The second-order valence-electron chi connectivity index (χ2n) is 8.78. The number of esters is 1. The summed E-state index contributed by atoms with van der Waals surface area (Å²) in [5.41, 5.74) is 6.68. The molecule has 4 atom stereocenters. The van der Waals surface area contributed by atoms with Crippen molar-refractivity contribution in [2.75, 3.05) is 12.3 Å². The summed E-state index contributed by atoms with van der Waals surface area (Å²) < 4.78 is 19.3. The minimum Gasteiger partial charge on any atom is -0.457 e. The number of nitrogens with two attached hydrogens (primary N) is 1. The first-order valence-corrected chi connectivity index (χ1v) is 12.4. The molecule has 0 spiro atoms. The number of anilines is 1. The van der Waals surface area contributed by atoms with Crippen LogP contribution in [0.3, 0.4) is 0 Å². The summed E-state index contributed by atoms with van der Waals surface area (Å²) in [7, 11) is -2.06. The first-order chi connectivity index (χ1) is 13.4. The standard InChI is InChI=1S/C18H29N5O5Si/c1-10(24)27-14-11(7-26-29(5,6)18(2,3)4)28-17(13(14)25)23-9-22-12-15(19)20-8-21-16(12)23/h8-9,11,13-14,17,25H,7H2,1-6H3,(H2,19,20,21)/t11-,13+,14-,17-/m1/s1. The number of fused-ring (bicyclic) bond motifs is 1. The number of ether oxygens (including phenoxy) is 2. The van der Waals surface area contributed by atoms with Gasteiger partial charge < -0.3 is 24.7 Å². The molecule has 10 nitrogen and oxygen atoms in total. The van der Waals surface area contributed by atoms with Gasteiger partial charge in [-0.2, -0.15) is 0 Å². The van der Waals surface area contributed by atoms with Gasteiger partial charge in [-0.1, -0.05) is 20.8 Å². The van der Waals surface area contributed by atoms with E-state index in [9.17, 15) is 9.90 Å². The van der Waals surface area contributed by atoms with Crippen molar-refractivity contribution in [3.63, 3.8) is 0 Å². The molecule has 1 aliphatic heterocycles. The van der Waals surface area contributed by atoms with Crippen LogP contribution in [0.1, 0.15) is 33.9 Å². The van der Waals surface area contributed by atoms with Crippen molar-refractivity contribution in [1.82, 2.24) is 19.5 Å². The molecule has 11 heteroatoms. The molecule has 160 valence electrons. The number of hydrogen-bond acceptors (Lipinski definition) is 9. The topological polar surface area (TPSA) is 135 Å². The Balaban J connectivity index is 1.87. The van der Waals surface area contributed by atoms with Crippen LogP contribution in [0.2, 0.25) is 18.1 Å². The average molecular weight is 424 g/mol. The third kappa shape index (κ3) is 4.13. The Kier molecular flexibility index (Phi) is 5.69. The van der Waals surface area contributed by atoms with Gasteiger partial charge in [0, 0.05) is 6.92 Å². The Morgan fingerprint density at radius 3 is 2.66 bits per heavy atom. The van der Waals surface area contributed by atoms with Crippen LogP contribution in [-0.2, 0) is 18.7 Å². The van der Waals surface area contributed by atoms with Crippen molar-refractivity contribution in [3.8, 4) is 0 Å². The first-order valence-electron chi connectivity index (χ1n) is 9.50. The predicted octanol–water partition coefficient (Wildman–Crippen LogP) is 1.62. The third-order valence-electron chi connectivity index (χ3n) is 5.69. The van der Waals surface area contributed by atoms with E-state index in [0.29, 0.717) is 11.2 Å². The van der Waals surface area contributed by atoms with Crippen LogP contribution < -0.4 is 5.73 Å². The maximum Gasteiger partial charge on any atom is 0.303 e. The van der Waals surface area contributed by atoms with Crippen LogP contribution in [0.5, 0.6) is 0 Å². The highest BCUT2D eigenvalue weighted by Gasteiger charge is 2.49. The molecule has 0 radical (unpaired) electrons. The summed E-state index contributed by atoms with van der Waals surface area (Å²) in [6, 6.07) is 0. The molecule has 3 rings (SSSR count). The highest BCUT2D eigenvalue weighted by atomic mass is 28.4. The fourth-order valence-corrected chi connectivity index (χ4v) is 4.00. The van der Waals surface area contributed by atoms with E-state index in [1.807, 2.05) is 0 Å². The van der Waals surface area contributed by atoms with Crippen molar-refractivity contribution in [2.45, 2.75) is 70.4 Å². The minimum absolute atomic E-state index is 0.00947. The third-order valence-corrected chi connectivity index (χ3v) is 10.2. The van der Waals surface area contributed by atoms with Crippen molar-refractivity contribution in [3.05, 3.63) is 12.7 Å². The van der Waals surface area contributed by atoms with Gasteiger partial charge in [-0.3, -0.25) is 9.36 Å². The van der Waals surface area contributed by atoms with Gasteiger partial charge in [-0.15, -0.1) is 0 Å². The number of imidazole rings is 1. The summed E-state index contributed by atoms with van der Waals surface area (Å²) >= 11 is 0. The second kappa shape index (κ2) is 7.63. The van der Waals surface area contributed by atoms with E-state index < -0.39 is 38.8 Å². The highest BCUT2D eigenvalue weighted by Crippen LogP contribution is 2.39. The van der Waals surface area contributed by atoms with Gasteiger partial charge in [0.2, 0.25) is 0 Å². The Bertz CT molecular complexity index is 896. The Labute approximate surface area is 170 Å². The van der Waals surface area contributed by atoms with E-state index in [1.54, 1.807) is 4.57 Å². The van der Waals surface area contributed by atoms with Crippen LogP contribution >= 0.6 is 0 Å². The number of nitrogens with zero attached hydrogens (tertiary/aromatic N) is 4. The van der Waals surface area contributed by atoms with Crippen molar-refractivity contribution in [2.24, 2.45) is 0 Å². The van der Waals surface area contributed by atoms with Gasteiger partial charge in [0.25, 0.3) is 0 Å². The van der Waals surface area contributed by atoms with Gasteiger partial charge in [0.1, 0.15) is 24.1 Å². The molecule has 3 heterocycles. The molecule has 3 N–H and O–H groups in total. The number of carbonyl (C=O) groups is 1. The van der Waals surface area contributed by atoms with E-state index in [2.05, 4.69) is 48.8 Å². The maximum absolute atomic E-state index is 11.6. The zero-order valence-corrected chi connectivity index (χ0v) is 18.6. The van der Waals surface area contributed by atoms with Crippen molar-refractivity contribution >= 4 is 31.3 Å². The smallest absolute Gasteiger partial charge is 0.303 e. The average Bonchev–Trinajstić information content (AvgIpc) is 3.15. The number of aliphatic hydroxyl groups excluding tert-OH is 1. The molecule has 0 aliphatic carbocycles. The molecular formula is C18H29N5O5Si. The number of hydrogen-bond donors (Lipinski definition) is 2. The minimum atomic E-state index is -2.06. The molecule has 0 bridgehead atoms. The molecular weight excluding hydrogens is 394 g/mol. The van der Waals surface area contributed by atoms with Crippen molar-refractivity contribution < 1.29 is 23.8 Å². The molecule has 2 aromatic rings. The summed E-state index contributed by atoms with van der Waals surface area (Å²) in [5, 5.41) is 10.9. The van der Waals surface area contributed by atoms with Crippen LogP contribution in [0.25, 0.3) is 11.2 Å². The van der Waals surface area contributed by atoms with Gasteiger partial charge in [0.15, 0.2) is 32.1 Å². The van der Waals surface area contributed by atoms with E-state index in [4.69, 9.17) is 19.6 Å². The lowest BCUT2D eigenvalue weighted by Gasteiger charge is -2.37. The second-order valence-corrected chi connectivity index (χ2v) is 13.6. The molecule has 0 unspecified atom stereocenters. The maximum atomic E-state index is 11.6. The number of rotatable bonds is 5. The van der Waals surface area contributed by atoms with Gasteiger partial charge in [0.05, 0.1) is 12.9 Å². The molecule has 1 saturated heterocycles. The largest absolute Gasteiger partial charge is 0.457 e. The highest BCUT2D eigenvalue weighted by molar-refractivity contribution is 6.74. The molecule has 1 aliphatic rings. The monoisotopic (exact) mass is 423 g/mol. The Hall–Kier alpha value is -2.08. The quantitative estimate of drug-likeness (QED) is 0.543. The summed E-state index contributed by atoms with van der Waals surface area (Å²) in [6.45, 7) is 12.2. The normalized spacial score (nSPS) is 25.5. The zero-order valence-electron chi connectivity index (χ0n) is 17.6. The van der Waals surface area contributed by atoms with Gasteiger partial charge >= 0.3 is 5.97 Å². The molecule has 29 heavy (non-hydrogen) atoms. The fraction of sp³-hybridized carbons (Fsp3) is 0.667. The number of aliphatic hydroxyl groups is 1.